The van der Waals surface area contributed by atoms with E-state index in [-0.39, 0.29) is 12.5 Å². The monoisotopic (exact) mass is 422 g/mol. The topological polar surface area (TPSA) is 105 Å². The summed E-state index contributed by atoms with van der Waals surface area (Å²) in [5.41, 5.74) is 4.41. The molecule has 3 aromatic rings. The van der Waals surface area contributed by atoms with Crippen molar-refractivity contribution < 1.29 is 14.1 Å². The van der Waals surface area contributed by atoms with Crippen LogP contribution in [0.4, 0.5) is 17.5 Å². The smallest absolute Gasteiger partial charge is 0.244 e. The molecule has 4 rings (SSSR count). The number of likely N-dealkylation sites (N-methyl/N-ethyl adjacent to an activating group) is 1. The highest BCUT2D eigenvalue weighted by molar-refractivity contribution is 6.00. The van der Waals surface area contributed by atoms with Gasteiger partial charge in [0, 0.05) is 13.6 Å². The van der Waals surface area contributed by atoms with Gasteiger partial charge in [-0.25, -0.2) is 4.98 Å². The Kier molecular flexibility index (Phi) is 5.75. The van der Waals surface area contributed by atoms with Crippen LogP contribution in [0.15, 0.2) is 28.8 Å². The summed E-state index contributed by atoms with van der Waals surface area (Å²) in [5, 5.41) is 10.2. The molecular weight excluding hydrogens is 396 g/mol. The standard InChI is InChI=1S/C22H26N6O3/c1-5-18-17(14(3)31-27-18)12-30-16-8-6-15(7-9-16)10-23-22-24-13(2)20-21(26-22)28(4)11-19(29)25-20/h6-9H,5,10-12H2,1-4H3,(H,25,29)(H,23,24,26). The molecule has 2 aromatic heterocycles. The molecule has 3 heterocycles. The first kappa shape index (κ1) is 20.6. The Balaban J connectivity index is 1.38. The zero-order chi connectivity index (χ0) is 22.0. The normalized spacial score (nSPS) is 13.0. The van der Waals surface area contributed by atoms with Crippen molar-refractivity contribution in [2.45, 2.75) is 40.3 Å². The lowest BCUT2D eigenvalue weighted by Gasteiger charge is -2.27. The van der Waals surface area contributed by atoms with Gasteiger partial charge in [-0.15, -0.1) is 0 Å². The minimum atomic E-state index is -0.0603. The molecule has 2 N–H and O–H groups in total. The van der Waals surface area contributed by atoms with Crippen LogP contribution < -0.4 is 20.3 Å². The highest BCUT2D eigenvalue weighted by Gasteiger charge is 2.23. The number of hydrogen-bond donors (Lipinski definition) is 2. The Bertz CT molecular complexity index is 1090. The molecule has 1 aliphatic rings. The molecule has 1 amide bonds. The van der Waals surface area contributed by atoms with Crippen LogP contribution in [-0.4, -0.2) is 34.6 Å². The van der Waals surface area contributed by atoms with Crippen molar-refractivity contribution in [1.82, 2.24) is 15.1 Å². The Morgan fingerprint density at radius 2 is 2.00 bits per heavy atom. The largest absolute Gasteiger partial charge is 0.489 e. The lowest BCUT2D eigenvalue weighted by atomic mass is 10.1. The van der Waals surface area contributed by atoms with Gasteiger partial charge in [-0.3, -0.25) is 4.79 Å². The number of ether oxygens (including phenoxy) is 1. The number of rotatable bonds is 7. The number of aryl methyl sites for hydroxylation is 3. The number of benzene rings is 1. The number of carbonyl (C=O) groups is 1. The molecular formula is C22H26N6O3. The van der Waals surface area contributed by atoms with E-state index in [9.17, 15) is 4.79 Å². The second-order valence-corrected chi connectivity index (χ2v) is 7.54. The van der Waals surface area contributed by atoms with Gasteiger partial charge in [0.15, 0.2) is 5.82 Å². The summed E-state index contributed by atoms with van der Waals surface area (Å²) in [5.74, 6) is 2.76. The fourth-order valence-electron chi connectivity index (χ4n) is 3.47. The van der Waals surface area contributed by atoms with Gasteiger partial charge in [0.05, 0.1) is 23.5 Å². The zero-order valence-electron chi connectivity index (χ0n) is 18.2. The van der Waals surface area contributed by atoms with Gasteiger partial charge in [-0.1, -0.05) is 24.2 Å². The highest BCUT2D eigenvalue weighted by Crippen LogP contribution is 2.29. The summed E-state index contributed by atoms with van der Waals surface area (Å²) >= 11 is 0. The molecule has 0 bridgehead atoms. The molecule has 1 aromatic carbocycles. The molecule has 0 spiro atoms. The van der Waals surface area contributed by atoms with E-state index in [2.05, 4.69) is 25.8 Å². The van der Waals surface area contributed by atoms with E-state index in [1.807, 2.05) is 57.0 Å². The molecule has 31 heavy (non-hydrogen) atoms. The summed E-state index contributed by atoms with van der Waals surface area (Å²) < 4.78 is 11.2. The van der Waals surface area contributed by atoms with Crippen LogP contribution in [0.25, 0.3) is 0 Å². The first-order chi connectivity index (χ1) is 14.9. The van der Waals surface area contributed by atoms with Crippen molar-refractivity contribution in [2.24, 2.45) is 0 Å². The molecule has 0 aliphatic carbocycles. The number of anilines is 3. The molecule has 0 saturated carbocycles. The number of hydrogen-bond acceptors (Lipinski definition) is 8. The van der Waals surface area contributed by atoms with Gasteiger partial charge in [0.25, 0.3) is 0 Å². The van der Waals surface area contributed by atoms with E-state index < -0.39 is 0 Å². The van der Waals surface area contributed by atoms with Gasteiger partial charge in [-0.05, 0) is 38.0 Å². The van der Waals surface area contributed by atoms with Gasteiger partial charge < -0.3 is 24.8 Å². The summed E-state index contributed by atoms with van der Waals surface area (Å²) in [7, 11) is 1.84. The molecule has 9 nitrogen and oxygen atoms in total. The maximum atomic E-state index is 11.7. The molecule has 162 valence electrons. The highest BCUT2D eigenvalue weighted by atomic mass is 16.5. The predicted molar refractivity (Wildman–Crippen MR) is 117 cm³/mol. The van der Waals surface area contributed by atoms with Crippen LogP contribution in [-0.2, 0) is 24.4 Å². The van der Waals surface area contributed by atoms with Crippen LogP contribution in [0, 0.1) is 13.8 Å². The van der Waals surface area contributed by atoms with Crippen molar-refractivity contribution in [3.05, 3.63) is 52.5 Å². The summed E-state index contributed by atoms with van der Waals surface area (Å²) in [4.78, 5) is 22.6. The maximum absolute atomic E-state index is 11.7. The number of nitrogens with one attached hydrogen (secondary N) is 2. The van der Waals surface area contributed by atoms with E-state index in [4.69, 9.17) is 9.26 Å². The first-order valence-electron chi connectivity index (χ1n) is 10.2. The molecule has 0 unspecified atom stereocenters. The van der Waals surface area contributed by atoms with Crippen molar-refractivity contribution in [3.63, 3.8) is 0 Å². The number of carbonyl (C=O) groups excluding carboxylic acids is 1. The fraction of sp³-hybridized carbons (Fsp3) is 0.364. The number of aromatic nitrogens is 3. The third-order valence-electron chi connectivity index (χ3n) is 5.24. The van der Waals surface area contributed by atoms with E-state index in [1.54, 1.807) is 0 Å². The molecule has 0 fully saturated rings. The quantitative estimate of drug-likeness (QED) is 0.598. The van der Waals surface area contributed by atoms with Gasteiger partial charge in [0.1, 0.15) is 23.8 Å². The molecule has 9 heteroatoms. The minimum Gasteiger partial charge on any atom is -0.489 e. The minimum absolute atomic E-state index is 0.0603. The number of fused-ring (bicyclic) bond motifs is 1. The molecule has 0 radical (unpaired) electrons. The van der Waals surface area contributed by atoms with Crippen LogP contribution in [0.5, 0.6) is 5.75 Å². The van der Waals surface area contributed by atoms with Gasteiger partial charge in [0.2, 0.25) is 11.9 Å². The molecule has 1 aliphatic heterocycles. The van der Waals surface area contributed by atoms with E-state index >= 15 is 0 Å². The van der Waals surface area contributed by atoms with Crippen molar-refractivity contribution in [3.8, 4) is 5.75 Å². The van der Waals surface area contributed by atoms with Crippen LogP contribution in [0.1, 0.15) is 35.2 Å². The molecule has 0 saturated heterocycles. The fourth-order valence-corrected chi connectivity index (χ4v) is 3.47. The average Bonchev–Trinajstić information content (AvgIpc) is 3.12. The third-order valence-corrected chi connectivity index (χ3v) is 5.24. The second-order valence-electron chi connectivity index (χ2n) is 7.54. The SMILES string of the molecule is CCc1noc(C)c1COc1ccc(CNc2nc(C)c3c(n2)N(C)CC(=O)N3)cc1. The Hall–Kier alpha value is -3.62. The van der Waals surface area contributed by atoms with E-state index in [1.165, 1.54) is 0 Å². The number of amides is 1. The number of nitrogens with zero attached hydrogens (tertiary/aromatic N) is 4. The van der Waals surface area contributed by atoms with Crippen LogP contribution in [0.2, 0.25) is 0 Å². The predicted octanol–water partition coefficient (Wildman–Crippen LogP) is 3.22. The zero-order valence-corrected chi connectivity index (χ0v) is 18.2. The Morgan fingerprint density at radius 3 is 2.74 bits per heavy atom. The molecule has 0 atom stereocenters. The van der Waals surface area contributed by atoms with Gasteiger partial charge in [-0.2, -0.15) is 4.98 Å². The summed E-state index contributed by atoms with van der Waals surface area (Å²) in [6.07, 6.45) is 0.813. The van der Waals surface area contributed by atoms with Crippen LogP contribution in [0.3, 0.4) is 0 Å². The Labute approximate surface area is 180 Å². The van der Waals surface area contributed by atoms with Crippen LogP contribution >= 0.6 is 0 Å². The lowest BCUT2D eigenvalue weighted by molar-refractivity contribution is -0.115. The average molecular weight is 422 g/mol. The van der Waals surface area contributed by atoms with Crippen molar-refractivity contribution in [2.75, 3.05) is 29.1 Å². The second kappa shape index (κ2) is 8.63. The lowest BCUT2D eigenvalue weighted by Crippen LogP contribution is -2.36. The van der Waals surface area contributed by atoms with Gasteiger partial charge >= 0.3 is 0 Å². The van der Waals surface area contributed by atoms with E-state index in [0.717, 1.165) is 40.4 Å². The summed E-state index contributed by atoms with van der Waals surface area (Å²) in [6.45, 7) is 7.08. The third kappa shape index (κ3) is 4.45. The first-order valence-corrected chi connectivity index (χ1v) is 10.2. The maximum Gasteiger partial charge on any atom is 0.244 e. The summed E-state index contributed by atoms with van der Waals surface area (Å²) in [6, 6.07) is 7.88. The Morgan fingerprint density at radius 1 is 1.23 bits per heavy atom. The van der Waals surface area contributed by atoms with Crippen molar-refractivity contribution in [1.29, 1.82) is 0 Å². The van der Waals surface area contributed by atoms with E-state index in [0.29, 0.717) is 30.6 Å². The van der Waals surface area contributed by atoms with Crippen molar-refractivity contribution >= 4 is 23.4 Å².